The lowest BCUT2D eigenvalue weighted by molar-refractivity contribution is -0.112. The summed E-state index contributed by atoms with van der Waals surface area (Å²) in [6, 6.07) is 16.9. The van der Waals surface area contributed by atoms with Crippen LogP contribution in [0, 0.1) is 24.1 Å². The second-order valence-electron chi connectivity index (χ2n) is 6.66. The van der Waals surface area contributed by atoms with Crippen LogP contribution in [0.3, 0.4) is 0 Å². The van der Waals surface area contributed by atoms with Crippen molar-refractivity contribution < 1.29 is 21.8 Å². The maximum atomic E-state index is 13.0. The average Bonchev–Trinajstić information content (AvgIpc) is 2.75. The molecule has 3 rings (SSSR count). The predicted molar refractivity (Wildman–Crippen MR) is 119 cm³/mol. The Kier molecular flexibility index (Phi) is 6.93. The Morgan fingerprint density at radius 2 is 1.75 bits per heavy atom. The molecule has 0 saturated carbocycles. The molecule has 0 heterocycles. The standard InChI is InChI=1S/C23H16ClFN2O4S/c1-15-2-9-21(10-3-15)32(29,30)31-22-11-4-18(24)13-16(22)12-17(14-26)23(28)27-20-7-5-19(25)6-8-20/h2-13H,1H3,(H,27,28)/b17-12+. The molecule has 0 unspecified atom stereocenters. The van der Waals surface area contributed by atoms with Gasteiger partial charge < -0.3 is 9.50 Å². The molecule has 0 saturated heterocycles. The van der Waals surface area contributed by atoms with Crippen molar-refractivity contribution in [1.29, 1.82) is 5.26 Å². The molecule has 0 atom stereocenters. The molecule has 162 valence electrons. The number of carbonyl (C=O) groups is 1. The van der Waals surface area contributed by atoms with Gasteiger partial charge in [0.15, 0.2) is 0 Å². The minimum absolute atomic E-state index is 0.0532. The molecule has 6 nitrogen and oxygen atoms in total. The number of amides is 1. The van der Waals surface area contributed by atoms with E-state index < -0.39 is 21.8 Å². The van der Waals surface area contributed by atoms with Gasteiger partial charge in [0, 0.05) is 16.3 Å². The molecule has 0 spiro atoms. The summed E-state index contributed by atoms with van der Waals surface area (Å²) in [5.74, 6) is -1.36. The zero-order valence-electron chi connectivity index (χ0n) is 16.7. The van der Waals surface area contributed by atoms with Crippen LogP contribution in [-0.2, 0) is 14.9 Å². The van der Waals surface area contributed by atoms with Crippen molar-refractivity contribution >= 4 is 39.4 Å². The third-order valence-corrected chi connectivity index (χ3v) is 5.73. The van der Waals surface area contributed by atoms with Crippen LogP contribution in [0.4, 0.5) is 10.1 Å². The molecule has 0 aliphatic carbocycles. The highest BCUT2D eigenvalue weighted by Gasteiger charge is 2.19. The Hall–Kier alpha value is -3.67. The smallest absolute Gasteiger partial charge is 0.339 e. The number of nitrogens with zero attached hydrogens (tertiary/aromatic N) is 1. The molecule has 0 aliphatic rings. The van der Waals surface area contributed by atoms with Crippen molar-refractivity contribution in [2.24, 2.45) is 0 Å². The Bertz CT molecular complexity index is 1330. The topological polar surface area (TPSA) is 96.3 Å². The third kappa shape index (κ3) is 5.72. The highest BCUT2D eigenvalue weighted by Crippen LogP contribution is 2.28. The van der Waals surface area contributed by atoms with Gasteiger partial charge in [-0.15, -0.1) is 0 Å². The molecule has 0 aromatic heterocycles. The molecule has 32 heavy (non-hydrogen) atoms. The Balaban J connectivity index is 1.93. The summed E-state index contributed by atoms with van der Waals surface area (Å²) in [5, 5.41) is 12.2. The largest absolute Gasteiger partial charge is 0.378 e. The van der Waals surface area contributed by atoms with Crippen LogP contribution in [0.25, 0.3) is 6.08 Å². The second kappa shape index (κ2) is 9.64. The van der Waals surface area contributed by atoms with Crippen LogP contribution in [0.1, 0.15) is 11.1 Å². The summed E-state index contributed by atoms with van der Waals surface area (Å²) >= 11 is 6.02. The van der Waals surface area contributed by atoms with Gasteiger partial charge in [0.05, 0.1) is 0 Å². The number of hydrogen-bond acceptors (Lipinski definition) is 5. The quantitative estimate of drug-likeness (QED) is 0.307. The number of nitriles is 1. The van der Waals surface area contributed by atoms with Crippen LogP contribution in [0.5, 0.6) is 5.75 Å². The number of nitrogens with one attached hydrogen (secondary N) is 1. The number of hydrogen-bond donors (Lipinski definition) is 1. The van der Waals surface area contributed by atoms with Gasteiger partial charge in [0.25, 0.3) is 5.91 Å². The van der Waals surface area contributed by atoms with E-state index in [9.17, 15) is 22.9 Å². The lowest BCUT2D eigenvalue weighted by atomic mass is 10.1. The number of carbonyl (C=O) groups excluding carboxylic acids is 1. The summed E-state index contributed by atoms with van der Waals surface area (Å²) in [6.45, 7) is 1.82. The number of benzene rings is 3. The van der Waals surface area contributed by atoms with Crippen LogP contribution in [-0.4, -0.2) is 14.3 Å². The van der Waals surface area contributed by atoms with Gasteiger partial charge in [0.1, 0.15) is 28.1 Å². The molecule has 0 radical (unpaired) electrons. The minimum atomic E-state index is -4.17. The summed E-state index contributed by atoms with van der Waals surface area (Å²) < 4.78 is 43.6. The first-order valence-electron chi connectivity index (χ1n) is 9.17. The van der Waals surface area contributed by atoms with Gasteiger partial charge in [-0.3, -0.25) is 4.79 Å². The molecule has 1 amide bonds. The minimum Gasteiger partial charge on any atom is -0.378 e. The summed E-state index contributed by atoms with van der Waals surface area (Å²) in [5.41, 5.74) is 0.931. The van der Waals surface area contributed by atoms with E-state index >= 15 is 0 Å². The molecule has 3 aromatic carbocycles. The SMILES string of the molecule is Cc1ccc(S(=O)(=O)Oc2ccc(Cl)cc2/C=C(\C#N)C(=O)Nc2ccc(F)cc2)cc1. The highest BCUT2D eigenvalue weighted by molar-refractivity contribution is 7.87. The number of rotatable bonds is 6. The molecule has 3 aromatic rings. The van der Waals surface area contributed by atoms with E-state index in [0.717, 1.165) is 23.8 Å². The van der Waals surface area contributed by atoms with Crippen molar-refractivity contribution in [3.05, 3.63) is 94.3 Å². The maximum absolute atomic E-state index is 13.0. The lowest BCUT2D eigenvalue weighted by Crippen LogP contribution is -2.14. The van der Waals surface area contributed by atoms with Crippen LogP contribution in [0.2, 0.25) is 5.02 Å². The average molecular weight is 471 g/mol. The fraction of sp³-hybridized carbons (Fsp3) is 0.0435. The first kappa shape index (κ1) is 23.0. The third-order valence-electron chi connectivity index (χ3n) is 4.25. The number of anilines is 1. The Morgan fingerprint density at radius 1 is 1.09 bits per heavy atom. The van der Waals surface area contributed by atoms with Gasteiger partial charge >= 0.3 is 10.1 Å². The fourth-order valence-electron chi connectivity index (χ4n) is 2.61. The van der Waals surface area contributed by atoms with Crippen molar-refractivity contribution in [1.82, 2.24) is 0 Å². The molecule has 1 N–H and O–H groups in total. The van der Waals surface area contributed by atoms with Gasteiger partial charge in [0.2, 0.25) is 0 Å². The van der Waals surface area contributed by atoms with E-state index in [-0.39, 0.29) is 32.5 Å². The lowest BCUT2D eigenvalue weighted by Gasteiger charge is -2.11. The Morgan fingerprint density at radius 3 is 2.38 bits per heavy atom. The first-order chi connectivity index (χ1) is 15.2. The van der Waals surface area contributed by atoms with E-state index in [1.807, 2.05) is 6.92 Å². The van der Waals surface area contributed by atoms with Gasteiger partial charge in [-0.1, -0.05) is 29.3 Å². The Labute approximate surface area is 189 Å². The van der Waals surface area contributed by atoms with Crippen molar-refractivity contribution in [2.45, 2.75) is 11.8 Å². The maximum Gasteiger partial charge on any atom is 0.339 e. The second-order valence-corrected chi connectivity index (χ2v) is 8.65. The predicted octanol–water partition coefficient (Wildman–Crippen LogP) is 5.10. The number of aryl methyl sites for hydroxylation is 1. The summed E-state index contributed by atoms with van der Waals surface area (Å²) in [6.07, 6.45) is 1.16. The first-order valence-corrected chi connectivity index (χ1v) is 11.0. The summed E-state index contributed by atoms with van der Waals surface area (Å²) in [7, 11) is -4.17. The summed E-state index contributed by atoms with van der Waals surface area (Å²) in [4.78, 5) is 12.4. The molecule has 0 bridgehead atoms. The highest BCUT2D eigenvalue weighted by atomic mass is 35.5. The van der Waals surface area contributed by atoms with Crippen LogP contribution < -0.4 is 9.50 Å². The molecular weight excluding hydrogens is 455 g/mol. The van der Waals surface area contributed by atoms with E-state index in [4.69, 9.17) is 15.8 Å². The van der Waals surface area contributed by atoms with Gasteiger partial charge in [-0.2, -0.15) is 13.7 Å². The number of halogens is 2. The van der Waals surface area contributed by atoms with Gasteiger partial charge in [-0.25, -0.2) is 4.39 Å². The zero-order valence-corrected chi connectivity index (χ0v) is 18.2. The van der Waals surface area contributed by atoms with E-state index in [1.54, 1.807) is 18.2 Å². The van der Waals surface area contributed by atoms with Crippen molar-refractivity contribution in [3.63, 3.8) is 0 Å². The van der Waals surface area contributed by atoms with E-state index in [1.165, 1.54) is 42.5 Å². The normalized spacial score (nSPS) is 11.5. The van der Waals surface area contributed by atoms with Crippen molar-refractivity contribution in [2.75, 3.05) is 5.32 Å². The fourth-order valence-corrected chi connectivity index (χ4v) is 3.75. The monoisotopic (exact) mass is 470 g/mol. The molecule has 0 aliphatic heterocycles. The molecule has 0 fully saturated rings. The molecule has 9 heteroatoms. The van der Waals surface area contributed by atoms with E-state index in [0.29, 0.717) is 0 Å². The zero-order chi connectivity index (χ0) is 23.3. The van der Waals surface area contributed by atoms with Crippen LogP contribution in [0.15, 0.2) is 77.2 Å². The molecular formula is C23H16ClFN2O4S. The van der Waals surface area contributed by atoms with E-state index in [2.05, 4.69) is 5.32 Å². The van der Waals surface area contributed by atoms with Crippen molar-refractivity contribution in [3.8, 4) is 11.8 Å². The van der Waals surface area contributed by atoms with Crippen LogP contribution >= 0.6 is 11.6 Å². The van der Waals surface area contributed by atoms with Gasteiger partial charge in [-0.05, 0) is 67.6 Å².